The van der Waals surface area contributed by atoms with Crippen molar-refractivity contribution in [3.63, 3.8) is 0 Å². The van der Waals surface area contributed by atoms with Crippen molar-refractivity contribution in [2.24, 2.45) is 5.92 Å². The van der Waals surface area contributed by atoms with Crippen LogP contribution in [0.25, 0.3) is 0 Å². The molecule has 1 fully saturated rings. The third-order valence-electron chi connectivity index (χ3n) is 4.45. The van der Waals surface area contributed by atoms with Crippen LogP contribution < -0.4 is 5.32 Å². The number of halogens is 1. The van der Waals surface area contributed by atoms with E-state index in [-0.39, 0.29) is 0 Å². The van der Waals surface area contributed by atoms with E-state index in [0.717, 1.165) is 17.9 Å². The molecular weight excluding hydrogens is 286 g/mol. The molecule has 2 heteroatoms. The zero-order valence-electron chi connectivity index (χ0n) is 11.6. The van der Waals surface area contributed by atoms with E-state index in [4.69, 9.17) is 0 Å². The zero-order valence-corrected chi connectivity index (χ0v) is 13.2. The summed E-state index contributed by atoms with van der Waals surface area (Å²) in [4.78, 5) is 0. The standard InChI is InChI=1S/C16H24BrN/c1-4-11(2)12(3)18-16-9-14(10-16)13-6-5-7-15(17)8-13/h5-8,11-12,14,16,18H,4,9-10H2,1-3H3. The number of benzene rings is 1. The van der Waals surface area contributed by atoms with Crippen molar-refractivity contribution in [2.45, 2.75) is 58.0 Å². The molecule has 2 rings (SSSR count). The van der Waals surface area contributed by atoms with Crippen molar-refractivity contribution in [1.82, 2.24) is 5.32 Å². The van der Waals surface area contributed by atoms with E-state index in [9.17, 15) is 0 Å². The highest BCUT2D eigenvalue weighted by Crippen LogP contribution is 2.38. The lowest BCUT2D eigenvalue weighted by atomic mass is 9.75. The smallest absolute Gasteiger partial charge is 0.0178 e. The first-order valence-corrected chi connectivity index (χ1v) is 7.91. The maximum atomic E-state index is 3.77. The first-order chi connectivity index (χ1) is 8.60. The molecule has 2 atom stereocenters. The molecule has 0 heterocycles. The number of hydrogen-bond donors (Lipinski definition) is 1. The second-order valence-corrected chi connectivity index (χ2v) is 6.68. The molecule has 1 aliphatic carbocycles. The molecule has 2 unspecified atom stereocenters. The highest BCUT2D eigenvalue weighted by atomic mass is 79.9. The van der Waals surface area contributed by atoms with E-state index in [1.165, 1.54) is 29.3 Å². The Morgan fingerprint density at radius 3 is 2.67 bits per heavy atom. The van der Waals surface area contributed by atoms with Crippen LogP contribution in [0.15, 0.2) is 28.7 Å². The largest absolute Gasteiger partial charge is 0.311 e. The first-order valence-electron chi connectivity index (χ1n) is 7.11. The Bertz CT molecular complexity index is 384. The van der Waals surface area contributed by atoms with Gasteiger partial charge in [0.1, 0.15) is 0 Å². The maximum Gasteiger partial charge on any atom is 0.0178 e. The van der Waals surface area contributed by atoms with E-state index < -0.39 is 0 Å². The van der Waals surface area contributed by atoms with Gasteiger partial charge in [0.25, 0.3) is 0 Å². The molecule has 0 aliphatic heterocycles. The van der Waals surface area contributed by atoms with Crippen LogP contribution in [-0.4, -0.2) is 12.1 Å². The van der Waals surface area contributed by atoms with Crippen molar-refractivity contribution < 1.29 is 0 Å². The Morgan fingerprint density at radius 1 is 1.33 bits per heavy atom. The van der Waals surface area contributed by atoms with Gasteiger partial charge in [-0.2, -0.15) is 0 Å². The van der Waals surface area contributed by atoms with Gasteiger partial charge in [-0.25, -0.2) is 0 Å². The summed E-state index contributed by atoms with van der Waals surface area (Å²) in [6, 6.07) is 10.1. The van der Waals surface area contributed by atoms with Gasteiger partial charge < -0.3 is 5.32 Å². The molecule has 0 amide bonds. The van der Waals surface area contributed by atoms with Crippen LogP contribution >= 0.6 is 15.9 Å². The maximum absolute atomic E-state index is 3.77. The van der Waals surface area contributed by atoms with E-state index in [1.807, 2.05) is 0 Å². The SMILES string of the molecule is CCC(C)C(C)NC1CC(c2cccc(Br)c2)C1. The van der Waals surface area contributed by atoms with Crippen molar-refractivity contribution in [3.8, 4) is 0 Å². The predicted octanol–water partition coefficient (Wildman–Crippen LogP) is 4.72. The van der Waals surface area contributed by atoms with E-state index >= 15 is 0 Å². The molecule has 1 saturated carbocycles. The van der Waals surface area contributed by atoms with Gasteiger partial charge in [-0.05, 0) is 49.3 Å². The topological polar surface area (TPSA) is 12.0 Å². The summed E-state index contributed by atoms with van der Waals surface area (Å²) in [5.74, 6) is 1.53. The zero-order chi connectivity index (χ0) is 13.1. The Labute approximate surface area is 119 Å². The monoisotopic (exact) mass is 309 g/mol. The van der Waals surface area contributed by atoms with Gasteiger partial charge in [0, 0.05) is 16.6 Å². The molecule has 0 saturated heterocycles. The number of nitrogens with one attached hydrogen (secondary N) is 1. The molecule has 0 radical (unpaired) electrons. The van der Waals surface area contributed by atoms with Crippen LogP contribution in [0, 0.1) is 5.92 Å². The lowest BCUT2D eigenvalue weighted by Crippen LogP contribution is -2.46. The summed E-state index contributed by atoms with van der Waals surface area (Å²) < 4.78 is 1.20. The number of rotatable bonds is 5. The second-order valence-electron chi connectivity index (χ2n) is 5.76. The molecule has 100 valence electrons. The third-order valence-corrected chi connectivity index (χ3v) is 4.95. The lowest BCUT2D eigenvalue weighted by Gasteiger charge is -2.39. The minimum atomic E-state index is 0.642. The van der Waals surface area contributed by atoms with Crippen molar-refractivity contribution >= 4 is 15.9 Å². The molecule has 1 nitrogen and oxygen atoms in total. The Kier molecular flexibility index (Phi) is 4.85. The molecule has 1 aromatic carbocycles. The fourth-order valence-electron chi connectivity index (χ4n) is 2.68. The van der Waals surface area contributed by atoms with Crippen LogP contribution in [0.2, 0.25) is 0 Å². The van der Waals surface area contributed by atoms with Gasteiger partial charge >= 0.3 is 0 Å². The van der Waals surface area contributed by atoms with Gasteiger partial charge in [-0.1, -0.05) is 48.3 Å². The van der Waals surface area contributed by atoms with Crippen molar-refractivity contribution in [3.05, 3.63) is 34.3 Å². The minimum Gasteiger partial charge on any atom is -0.311 e. The lowest BCUT2D eigenvalue weighted by molar-refractivity contribution is 0.241. The van der Waals surface area contributed by atoms with E-state index in [1.54, 1.807) is 0 Å². The van der Waals surface area contributed by atoms with Crippen LogP contribution in [0.4, 0.5) is 0 Å². The van der Waals surface area contributed by atoms with Gasteiger partial charge in [-0.15, -0.1) is 0 Å². The van der Waals surface area contributed by atoms with Crippen molar-refractivity contribution in [2.75, 3.05) is 0 Å². The molecule has 18 heavy (non-hydrogen) atoms. The fraction of sp³-hybridized carbons (Fsp3) is 0.625. The van der Waals surface area contributed by atoms with E-state index in [2.05, 4.69) is 66.3 Å². The number of hydrogen-bond acceptors (Lipinski definition) is 1. The van der Waals surface area contributed by atoms with Crippen LogP contribution in [0.5, 0.6) is 0 Å². The van der Waals surface area contributed by atoms with Gasteiger partial charge in [0.05, 0.1) is 0 Å². The Balaban J connectivity index is 1.80. The average molecular weight is 310 g/mol. The molecule has 0 bridgehead atoms. The van der Waals surface area contributed by atoms with Gasteiger partial charge in [0.15, 0.2) is 0 Å². The molecule has 1 aromatic rings. The fourth-order valence-corrected chi connectivity index (χ4v) is 3.09. The van der Waals surface area contributed by atoms with E-state index in [0.29, 0.717) is 6.04 Å². The summed E-state index contributed by atoms with van der Waals surface area (Å²) in [7, 11) is 0. The van der Waals surface area contributed by atoms with Crippen molar-refractivity contribution in [1.29, 1.82) is 0 Å². The molecule has 0 aromatic heterocycles. The normalized spacial score (nSPS) is 26.4. The predicted molar refractivity (Wildman–Crippen MR) is 82.0 cm³/mol. The first kappa shape index (κ1) is 14.1. The Hall–Kier alpha value is -0.340. The molecular formula is C16H24BrN. The van der Waals surface area contributed by atoms with Gasteiger partial charge in [-0.3, -0.25) is 0 Å². The molecule has 1 aliphatic rings. The molecule has 0 spiro atoms. The summed E-state index contributed by atoms with van der Waals surface area (Å²) >= 11 is 3.55. The minimum absolute atomic E-state index is 0.642. The highest BCUT2D eigenvalue weighted by molar-refractivity contribution is 9.10. The molecule has 1 N–H and O–H groups in total. The second kappa shape index (κ2) is 6.21. The Morgan fingerprint density at radius 2 is 2.06 bits per heavy atom. The highest BCUT2D eigenvalue weighted by Gasteiger charge is 2.31. The van der Waals surface area contributed by atoms with Crippen LogP contribution in [-0.2, 0) is 0 Å². The quantitative estimate of drug-likeness (QED) is 0.830. The summed E-state index contributed by atoms with van der Waals surface area (Å²) in [5, 5.41) is 3.77. The van der Waals surface area contributed by atoms with Crippen LogP contribution in [0.3, 0.4) is 0 Å². The third kappa shape index (κ3) is 3.36. The van der Waals surface area contributed by atoms with Gasteiger partial charge in [0.2, 0.25) is 0 Å². The average Bonchev–Trinajstić information content (AvgIpc) is 2.31. The van der Waals surface area contributed by atoms with Crippen LogP contribution in [0.1, 0.15) is 51.5 Å². The summed E-state index contributed by atoms with van der Waals surface area (Å²) in [6.45, 7) is 6.93. The summed E-state index contributed by atoms with van der Waals surface area (Å²) in [6.07, 6.45) is 3.84. The summed E-state index contributed by atoms with van der Waals surface area (Å²) in [5.41, 5.74) is 1.48.